The number of hydrogen-bond donors (Lipinski definition) is 2. The van der Waals surface area contributed by atoms with E-state index in [4.69, 9.17) is 10.5 Å². The number of halogens is 1. The monoisotopic (exact) mass is 410 g/mol. The molecule has 2 aromatic carbocycles. The van der Waals surface area contributed by atoms with Crippen molar-refractivity contribution in [2.45, 2.75) is 31.3 Å². The fourth-order valence-electron chi connectivity index (χ4n) is 4.26. The van der Waals surface area contributed by atoms with Crippen LogP contribution in [0.3, 0.4) is 0 Å². The molecule has 9 heteroatoms. The standard InChI is InChI=1S/C21H23FN6O2/c1-30-19-9-6-16(28-12-25-26-27-28)10-14(19)11-24-18-8-7-17(21(23)29)20(18)13-2-4-15(22)5-3-13/h2-6,9-10,12,17-18,20,24H,7-8,11H2,1H3,(H2,23,29)/t17-,18-,20+/m0/s1. The maximum atomic E-state index is 13.4. The second-order valence-electron chi connectivity index (χ2n) is 7.40. The third-order valence-electron chi connectivity index (χ3n) is 5.71. The minimum Gasteiger partial charge on any atom is -0.496 e. The third kappa shape index (κ3) is 4.02. The van der Waals surface area contributed by atoms with Crippen LogP contribution < -0.4 is 15.8 Å². The Hall–Kier alpha value is -3.33. The Balaban J connectivity index is 1.56. The van der Waals surface area contributed by atoms with Gasteiger partial charge in [-0.1, -0.05) is 12.1 Å². The Morgan fingerprint density at radius 2 is 2.07 bits per heavy atom. The predicted molar refractivity (Wildman–Crippen MR) is 107 cm³/mol. The summed E-state index contributed by atoms with van der Waals surface area (Å²) in [7, 11) is 1.62. The van der Waals surface area contributed by atoms with Crippen LogP contribution in [0.4, 0.5) is 4.39 Å². The van der Waals surface area contributed by atoms with Crippen molar-refractivity contribution >= 4 is 5.91 Å². The molecule has 1 aliphatic rings. The molecule has 4 rings (SSSR count). The summed E-state index contributed by atoms with van der Waals surface area (Å²) in [6.07, 6.45) is 3.01. The largest absolute Gasteiger partial charge is 0.496 e. The van der Waals surface area contributed by atoms with Crippen LogP contribution in [0.25, 0.3) is 5.69 Å². The van der Waals surface area contributed by atoms with Crippen LogP contribution in [-0.2, 0) is 11.3 Å². The first-order valence-corrected chi connectivity index (χ1v) is 9.75. The average Bonchev–Trinajstić information content (AvgIpc) is 3.43. The van der Waals surface area contributed by atoms with Crippen molar-refractivity contribution < 1.29 is 13.9 Å². The topological polar surface area (TPSA) is 108 Å². The van der Waals surface area contributed by atoms with E-state index in [2.05, 4.69) is 20.8 Å². The van der Waals surface area contributed by atoms with Gasteiger partial charge in [-0.05, 0) is 59.2 Å². The quantitative estimate of drug-likeness (QED) is 0.616. The summed E-state index contributed by atoms with van der Waals surface area (Å²) in [6, 6.07) is 12.0. The van der Waals surface area contributed by atoms with Gasteiger partial charge < -0.3 is 15.8 Å². The number of methoxy groups -OCH3 is 1. The fraction of sp³-hybridized carbons (Fsp3) is 0.333. The molecule has 1 aliphatic carbocycles. The number of rotatable bonds is 7. The molecule has 1 heterocycles. The Bertz CT molecular complexity index is 1010. The van der Waals surface area contributed by atoms with E-state index in [-0.39, 0.29) is 29.6 Å². The van der Waals surface area contributed by atoms with Gasteiger partial charge in [-0.2, -0.15) is 0 Å². The zero-order valence-electron chi connectivity index (χ0n) is 16.5. The molecule has 1 aromatic heterocycles. The minimum atomic E-state index is -0.327. The Labute approximate surface area is 173 Å². The van der Waals surface area contributed by atoms with Crippen molar-refractivity contribution in [2.75, 3.05) is 7.11 Å². The summed E-state index contributed by atoms with van der Waals surface area (Å²) >= 11 is 0. The van der Waals surface area contributed by atoms with Crippen molar-refractivity contribution in [3.05, 3.63) is 65.7 Å². The molecule has 0 saturated heterocycles. The van der Waals surface area contributed by atoms with E-state index in [0.717, 1.165) is 29.0 Å². The number of hydrogen-bond acceptors (Lipinski definition) is 6. The first kappa shape index (κ1) is 20.0. The van der Waals surface area contributed by atoms with Crippen molar-refractivity contribution in [1.29, 1.82) is 0 Å². The van der Waals surface area contributed by atoms with Gasteiger partial charge in [-0.15, -0.1) is 5.10 Å². The van der Waals surface area contributed by atoms with Gasteiger partial charge in [-0.3, -0.25) is 4.79 Å². The summed E-state index contributed by atoms with van der Waals surface area (Å²) < 4.78 is 20.5. The van der Waals surface area contributed by atoms with Gasteiger partial charge in [-0.25, -0.2) is 9.07 Å². The molecule has 1 saturated carbocycles. The van der Waals surface area contributed by atoms with Crippen LogP contribution in [-0.4, -0.2) is 39.3 Å². The second-order valence-corrected chi connectivity index (χ2v) is 7.40. The molecule has 3 N–H and O–H groups in total. The molecular weight excluding hydrogens is 387 g/mol. The highest BCUT2D eigenvalue weighted by Crippen LogP contribution is 2.40. The lowest BCUT2D eigenvalue weighted by Crippen LogP contribution is -2.35. The highest BCUT2D eigenvalue weighted by atomic mass is 19.1. The second kappa shape index (κ2) is 8.58. The maximum Gasteiger partial charge on any atom is 0.221 e. The number of carbonyl (C=O) groups excluding carboxylic acids is 1. The van der Waals surface area contributed by atoms with E-state index in [1.807, 2.05) is 18.2 Å². The number of benzene rings is 2. The van der Waals surface area contributed by atoms with Crippen LogP contribution in [0.2, 0.25) is 0 Å². The zero-order valence-corrected chi connectivity index (χ0v) is 16.5. The number of tetrazole rings is 1. The number of nitrogens with one attached hydrogen (secondary N) is 1. The van der Waals surface area contributed by atoms with Crippen molar-refractivity contribution in [3.8, 4) is 11.4 Å². The van der Waals surface area contributed by atoms with Gasteiger partial charge in [0.1, 0.15) is 17.9 Å². The summed E-state index contributed by atoms with van der Waals surface area (Å²) in [5, 5.41) is 14.8. The number of nitrogens with two attached hydrogens (primary N) is 1. The number of primary amides is 1. The maximum absolute atomic E-state index is 13.4. The van der Waals surface area contributed by atoms with Gasteiger partial charge in [0.05, 0.1) is 12.8 Å². The van der Waals surface area contributed by atoms with Crippen molar-refractivity contribution in [1.82, 2.24) is 25.5 Å². The van der Waals surface area contributed by atoms with Gasteiger partial charge >= 0.3 is 0 Å². The highest BCUT2D eigenvalue weighted by Gasteiger charge is 2.40. The first-order valence-electron chi connectivity index (χ1n) is 9.75. The van der Waals surface area contributed by atoms with Crippen LogP contribution >= 0.6 is 0 Å². The van der Waals surface area contributed by atoms with E-state index in [0.29, 0.717) is 13.0 Å². The first-order chi connectivity index (χ1) is 14.6. The summed E-state index contributed by atoms with van der Waals surface area (Å²) in [5.74, 6) is -0.297. The molecule has 3 atom stereocenters. The fourth-order valence-corrected chi connectivity index (χ4v) is 4.26. The molecule has 156 valence electrons. The predicted octanol–water partition coefficient (Wildman–Crippen LogP) is 1.95. The lowest BCUT2D eigenvalue weighted by Gasteiger charge is -2.25. The van der Waals surface area contributed by atoms with Gasteiger partial charge in [0.2, 0.25) is 5.91 Å². The zero-order chi connectivity index (χ0) is 21.1. The number of amides is 1. The minimum absolute atomic E-state index is 0.0226. The number of ether oxygens (including phenoxy) is 1. The van der Waals surface area contributed by atoms with Crippen molar-refractivity contribution in [3.63, 3.8) is 0 Å². The number of aromatic nitrogens is 4. The molecule has 0 bridgehead atoms. The molecule has 8 nitrogen and oxygen atoms in total. The van der Waals surface area contributed by atoms with E-state index in [1.165, 1.54) is 18.5 Å². The SMILES string of the molecule is COc1ccc(-n2cnnn2)cc1CN[C@H]1CC[C@H](C(N)=O)[C@H]1c1ccc(F)cc1. The van der Waals surface area contributed by atoms with E-state index in [9.17, 15) is 9.18 Å². The van der Waals surface area contributed by atoms with E-state index >= 15 is 0 Å². The molecule has 0 unspecified atom stereocenters. The van der Waals surface area contributed by atoms with Crippen molar-refractivity contribution in [2.24, 2.45) is 11.7 Å². The lowest BCUT2D eigenvalue weighted by molar-refractivity contribution is -0.122. The Morgan fingerprint density at radius 1 is 1.27 bits per heavy atom. The molecule has 0 spiro atoms. The van der Waals surface area contributed by atoms with Gasteiger partial charge in [0.25, 0.3) is 0 Å². The molecule has 1 amide bonds. The summed E-state index contributed by atoms with van der Waals surface area (Å²) in [4.78, 5) is 12.0. The van der Waals surface area contributed by atoms with Gasteiger partial charge in [0.15, 0.2) is 0 Å². The smallest absolute Gasteiger partial charge is 0.221 e. The Kier molecular flexibility index (Phi) is 5.71. The average molecular weight is 410 g/mol. The summed E-state index contributed by atoms with van der Waals surface area (Å²) in [6.45, 7) is 0.521. The molecule has 0 radical (unpaired) electrons. The van der Waals surface area contributed by atoms with Crippen LogP contribution in [0, 0.1) is 11.7 Å². The van der Waals surface area contributed by atoms with E-state index < -0.39 is 0 Å². The lowest BCUT2D eigenvalue weighted by atomic mass is 9.86. The van der Waals surface area contributed by atoms with Gasteiger partial charge in [0, 0.05) is 30.0 Å². The normalized spacial score (nSPS) is 20.9. The number of nitrogens with zero attached hydrogens (tertiary/aromatic N) is 4. The molecule has 30 heavy (non-hydrogen) atoms. The van der Waals surface area contributed by atoms with Crippen LogP contribution in [0.15, 0.2) is 48.8 Å². The van der Waals surface area contributed by atoms with E-state index in [1.54, 1.807) is 23.9 Å². The molecular formula is C21H23FN6O2. The van der Waals surface area contributed by atoms with Crippen LogP contribution in [0.5, 0.6) is 5.75 Å². The Morgan fingerprint density at radius 3 is 2.73 bits per heavy atom. The van der Waals surface area contributed by atoms with Crippen LogP contribution in [0.1, 0.15) is 29.9 Å². The summed E-state index contributed by atoms with van der Waals surface area (Å²) in [5.41, 5.74) is 8.32. The molecule has 0 aliphatic heterocycles. The highest BCUT2D eigenvalue weighted by molar-refractivity contribution is 5.78. The molecule has 1 fully saturated rings. The molecule has 3 aromatic rings. The number of carbonyl (C=O) groups is 1. The third-order valence-corrected chi connectivity index (χ3v) is 5.71.